The van der Waals surface area contributed by atoms with Gasteiger partial charge in [-0.1, -0.05) is 17.7 Å². The molecule has 3 rings (SSSR count). The molecule has 1 aromatic carbocycles. The summed E-state index contributed by atoms with van der Waals surface area (Å²) in [6.07, 6.45) is 2.05. The Morgan fingerprint density at radius 2 is 2.00 bits per heavy atom. The number of hydrogen-bond donors (Lipinski definition) is 1. The lowest BCUT2D eigenvalue weighted by Gasteiger charge is -2.35. The van der Waals surface area contributed by atoms with Gasteiger partial charge in [-0.15, -0.1) is 0 Å². The van der Waals surface area contributed by atoms with Crippen LogP contribution in [0.3, 0.4) is 0 Å². The van der Waals surface area contributed by atoms with Crippen LogP contribution in [0.25, 0.3) is 0 Å². The minimum Gasteiger partial charge on any atom is -0.344 e. The highest BCUT2D eigenvalue weighted by Gasteiger charge is 2.36. The normalized spacial score (nSPS) is 28.8. The maximum Gasteiger partial charge on any atom is 0.181 e. The van der Waals surface area contributed by atoms with Crippen molar-refractivity contribution < 1.29 is 9.47 Å². The summed E-state index contributed by atoms with van der Waals surface area (Å²) in [5, 5.41) is 4.09. The Morgan fingerprint density at radius 3 is 2.76 bits per heavy atom. The quantitative estimate of drug-likeness (QED) is 0.771. The van der Waals surface area contributed by atoms with Gasteiger partial charge in [-0.3, -0.25) is 0 Å². The number of ether oxygens (including phenoxy) is 2. The van der Waals surface area contributed by atoms with Crippen LogP contribution >= 0.6 is 11.6 Å². The molecular weight excluding hydrogens is 238 g/mol. The minimum atomic E-state index is -0.441. The van der Waals surface area contributed by atoms with E-state index in [1.807, 2.05) is 18.2 Å². The first-order chi connectivity index (χ1) is 8.27. The van der Waals surface area contributed by atoms with Crippen LogP contribution in [0.15, 0.2) is 18.2 Å². The summed E-state index contributed by atoms with van der Waals surface area (Å²) in [5.74, 6) is -0.441. The van der Waals surface area contributed by atoms with Gasteiger partial charge in [-0.05, 0) is 36.2 Å². The van der Waals surface area contributed by atoms with Crippen molar-refractivity contribution in [3.8, 4) is 0 Å². The van der Waals surface area contributed by atoms with E-state index in [1.54, 1.807) is 0 Å². The van der Waals surface area contributed by atoms with Crippen molar-refractivity contribution in [1.29, 1.82) is 0 Å². The Labute approximate surface area is 106 Å². The van der Waals surface area contributed by atoms with Crippen molar-refractivity contribution in [2.75, 3.05) is 13.1 Å². The standard InChI is InChI=1S/C13H16ClNO2/c14-12-3-2-10-7-16-13(4-1-5-15-9-13)17-8-11(10)6-12/h2-3,6,15H,1,4-5,7-9H2. The van der Waals surface area contributed by atoms with Gasteiger partial charge in [-0.2, -0.15) is 0 Å². The second-order valence-corrected chi connectivity index (χ2v) is 5.12. The summed E-state index contributed by atoms with van der Waals surface area (Å²) >= 11 is 6.00. The summed E-state index contributed by atoms with van der Waals surface area (Å²) in [7, 11) is 0. The monoisotopic (exact) mass is 253 g/mol. The predicted molar refractivity (Wildman–Crippen MR) is 65.9 cm³/mol. The fourth-order valence-corrected chi connectivity index (χ4v) is 2.62. The first kappa shape index (κ1) is 11.5. The average Bonchev–Trinajstić information content (AvgIpc) is 2.52. The summed E-state index contributed by atoms with van der Waals surface area (Å²) in [4.78, 5) is 0. The Morgan fingerprint density at radius 1 is 1.18 bits per heavy atom. The molecule has 0 aromatic heterocycles. The van der Waals surface area contributed by atoms with Crippen molar-refractivity contribution in [3.63, 3.8) is 0 Å². The largest absolute Gasteiger partial charge is 0.344 e. The van der Waals surface area contributed by atoms with E-state index in [9.17, 15) is 0 Å². The van der Waals surface area contributed by atoms with E-state index in [-0.39, 0.29) is 0 Å². The summed E-state index contributed by atoms with van der Waals surface area (Å²) < 4.78 is 11.9. The lowest BCUT2D eigenvalue weighted by Crippen LogP contribution is -2.48. The predicted octanol–water partition coefficient (Wildman–Crippen LogP) is 2.47. The van der Waals surface area contributed by atoms with Crippen LogP contribution in [-0.4, -0.2) is 18.9 Å². The van der Waals surface area contributed by atoms with Crippen molar-refractivity contribution >= 4 is 11.6 Å². The first-order valence-electron chi connectivity index (χ1n) is 6.03. The third-order valence-electron chi connectivity index (χ3n) is 3.46. The number of benzene rings is 1. The maximum absolute atomic E-state index is 6.00. The van der Waals surface area contributed by atoms with Crippen LogP contribution in [0.2, 0.25) is 5.02 Å². The Hall–Kier alpha value is -0.610. The molecule has 0 amide bonds. The van der Waals surface area contributed by atoms with Gasteiger partial charge in [0.2, 0.25) is 0 Å². The highest BCUT2D eigenvalue weighted by Crippen LogP contribution is 2.30. The van der Waals surface area contributed by atoms with E-state index in [1.165, 1.54) is 5.56 Å². The smallest absolute Gasteiger partial charge is 0.181 e. The number of rotatable bonds is 0. The van der Waals surface area contributed by atoms with Gasteiger partial charge in [-0.25, -0.2) is 0 Å². The summed E-state index contributed by atoms with van der Waals surface area (Å²) in [5.41, 5.74) is 2.32. The van der Waals surface area contributed by atoms with Gasteiger partial charge in [0.15, 0.2) is 5.79 Å². The third kappa shape index (κ3) is 2.33. The molecule has 1 unspecified atom stereocenters. The van der Waals surface area contributed by atoms with Crippen molar-refractivity contribution in [2.24, 2.45) is 0 Å². The van der Waals surface area contributed by atoms with E-state index in [0.717, 1.165) is 36.5 Å². The average molecular weight is 254 g/mol. The fraction of sp³-hybridized carbons (Fsp3) is 0.538. The number of nitrogens with one attached hydrogen (secondary N) is 1. The van der Waals surface area contributed by atoms with E-state index < -0.39 is 5.79 Å². The van der Waals surface area contributed by atoms with Crippen molar-refractivity contribution in [1.82, 2.24) is 5.32 Å². The van der Waals surface area contributed by atoms with Gasteiger partial charge >= 0.3 is 0 Å². The zero-order valence-corrected chi connectivity index (χ0v) is 10.4. The molecule has 1 fully saturated rings. The molecule has 92 valence electrons. The summed E-state index contributed by atoms with van der Waals surface area (Å²) in [6, 6.07) is 5.90. The number of piperidine rings is 1. The Balaban J connectivity index is 1.82. The van der Waals surface area contributed by atoms with Crippen LogP contribution < -0.4 is 5.32 Å². The highest BCUT2D eigenvalue weighted by molar-refractivity contribution is 6.30. The number of fused-ring (bicyclic) bond motifs is 1. The molecule has 1 atom stereocenters. The topological polar surface area (TPSA) is 30.5 Å². The Bertz CT molecular complexity index is 416. The minimum absolute atomic E-state index is 0.441. The van der Waals surface area contributed by atoms with Crippen LogP contribution in [0.4, 0.5) is 0 Å². The van der Waals surface area contributed by atoms with E-state index in [4.69, 9.17) is 21.1 Å². The van der Waals surface area contributed by atoms with E-state index in [2.05, 4.69) is 5.32 Å². The highest BCUT2D eigenvalue weighted by atomic mass is 35.5. The maximum atomic E-state index is 6.00. The molecule has 0 radical (unpaired) electrons. The molecule has 2 aliphatic heterocycles. The van der Waals surface area contributed by atoms with Gasteiger partial charge in [0.1, 0.15) is 0 Å². The molecule has 1 aromatic rings. The van der Waals surface area contributed by atoms with Gasteiger partial charge in [0.25, 0.3) is 0 Å². The molecule has 1 saturated heterocycles. The zero-order valence-electron chi connectivity index (χ0n) is 9.67. The molecular formula is C13H16ClNO2. The second kappa shape index (κ2) is 4.58. The molecule has 0 aliphatic carbocycles. The molecule has 1 N–H and O–H groups in total. The lowest BCUT2D eigenvalue weighted by atomic mass is 10.1. The first-order valence-corrected chi connectivity index (χ1v) is 6.41. The van der Waals surface area contributed by atoms with Gasteiger partial charge in [0.05, 0.1) is 13.2 Å². The molecule has 0 saturated carbocycles. The molecule has 2 heterocycles. The SMILES string of the molecule is Clc1ccc2c(c1)COC1(CCCNC1)OC2. The molecule has 1 spiro atoms. The fourth-order valence-electron chi connectivity index (χ4n) is 2.43. The molecule has 17 heavy (non-hydrogen) atoms. The van der Waals surface area contributed by atoms with E-state index in [0.29, 0.717) is 13.2 Å². The second-order valence-electron chi connectivity index (χ2n) is 4.68. The van der Waals surface area contributed by atoms with Crippen LogP contribution in [0, 0.1) is 0 Å². The zero-order chi connectivity index (χ0) is 11.7. The summed E-state index contributed by atoms with van der Waals surface area (Å²) in [6.45, 7) is 3.01. The van der Waals surface area contributed by atoms with Crippen LogP contribution in [0.1, 0.15) is 24.0 Å². The molecule has 3 nitrogen and oxygen atoms in total. The Kier molecular flexibility index (Phi) is 3.09. The van der Waals surface area contributed by atoms with Gasteiger partial charge < -0.3 is 14.8 Å². The van der Waals surface area contributed by atoms with E-state index >= 15 is 0 Å². The number of hydrogen-bond acceptors (Lipinski definition) is 3. The number of halogens is 1. The van der Waals surface area contributed by atoms with Crippen LogP contribution in [-0.2, 0) is 22.7 Å². The third-order valence-corrected chi connectivity index (χ3v) is 3.69. The van der Waals surface area contributed by atoms with Crippen LogP contribution in [0.5, 0.6) is 0 Å². The molecule has 0 bridgehead atoms. The van der Waals surface area contributed by atoms with Crippen molar-refractivity contribution in [2.45, 2.75) is 31.8 Å². The lowest BCUT2D eigenvalue weighted by molar-refractivity contribution is -0.250. The van der Waals surface area contributed by atoms with Crippen molar-refractivity contribution in [3.05, 3.63) is 34.3 Å². The molecule has 4 heteroatoms. The van der Waals surface area contributed by atoms with Gasteiger partial charge in [0, 0.05) is 18.0 Å². The molecule has 2 aliphatic rings.